The average molecular weight is 586 g/mol. The predicted molar refractivity (Wildman–Crippen MR) is 158 cm³/mol. The summed E-state index contributed by atoms with van der Waals surface area (Å²) in [6.45, 7) is 5.27. The molecule has 0 aliphatic rings. The quantitative estimate of drug-likeness (QED) is 0.295. The number of hydrogen-bond donors (Lipinski definition) is 1. The predicted octanol–water partition coefficient (Wildman–Crippen LogP) is 5.27. The number of methoxy groups -OCH3 is 1. The van der Waals surface area contributed by atoms with E-state index in [-0.39, 0.29) is 23.4 Å². The number of carbonyl (C=O) groups excluding carboxylic acids is 2. The molecule has 0 saturated carbocycles. The van der Waals surface area contributed by atoms with E-state index >= 15 is 0 Å². The first-order valence-corrected chi connectivity index (χ1v) is 15.0. The molecule has 214 valence electrons. The normalized spacial score (nSPS) is 12.7. The maximum Gasteiger partial charge on any atom is 0.264 e. The minimum atomic E-state index is -4.13. The molecule has 0 spiro atoms. The van der Waals surface area contributed by atoms with Crippen LogP contribution in [0.4, 0.5) is 5.69 Å². The van der Waals surface area contributed by atoms with Gasteiger partial charge in [-0.25, -0.2) is 8.42 Å². The van der Waals surface area contributed by atoms with E-state index < -0.39 is 28.5 Å². The number of carbonyl (C=O) groups is 2. The van der Waals surface area contributed by atoms with Crippen LogP contribution in [0.2, 0.25) is 5.02 Å². The zero-order chi connectivity index (χ0) is 29.3. The topological polar surface area (TPSA) is 96.0 Å². The number of sulfonamides is 1. The summed E-state index contributed by atoms with van der Waals surface area (Å²) in [6.07, 6.45) is 1.07. The van der Waals surface area contributed by atoms with E-state index in [0.717, 1.165) is 16.3 Å². The van der Waals surface area contributed by atoms with Crippen LogP contribution in [0, 0.1) is 0 Å². The smallest absolute Gasteiger partial charge is 0.264 e. The number of nitrogens with one attached hydrogen (secondary N) is 1. The lowest BCUT2D eigenvalue weighted by atomic mass is 10.1. The van der Waals surface area contributed by atoms with E-state index in [1.807, 2.05) is 20.8 Å². The second-order valence-electron chi connectivity index (χ2n) is 9.41. The molecule has 0 unspecified atom stereocenters. The zero-order valence-corrected chi connectivity index (χ0v) is 24.8. The molecule has 3 aromatic rings. The summed E-state index contributed by atoms with van der Waals surface area (Å²) in [5, 5.41) is 3.51. The van der Waals surface area contributed by atoms with Crippen LogP contribution in [0.3, 0.4) is 0 Å². The van der Waals surface area contributed by atoms with Crippen LogP contribution >= 0.6 is 11.6 Å². The molecule has 8 nitrogen and oxygen atoms in total. The molecule has 40 heavy (non-hydrogen) atoms. The Morgan fingerprint density at radius 3 is 2.10 bits per heavy atom. The van der Waals surface area contributed by atoms with Crippen LogP contribution in [0.5, 0.6) is 5.75 Å². The summed E-state index contributed by atoms with van der Waals surface area (Å²) in [4.78, 5) is 28.8. The van der Waals surface area contributed by atoms with E-state index in [1.54, 1.807) is 66.7 Å². The minimum Gasteiger partial charge on any atom is -0.497 e. The van der Waals surface area contributed by atoms with Gasteiger partial charge in [-0.05, 0) is 73.9 Å². The van der Waals surface area contributed by atoms with Crippen LogP contribution in [-0.2, 0) is 26.2 Å². The van der Waals surface area contributed by atoms with Gasteiger partial charge in [0.05, 0.1) is 17.7 Å². The Kier molecular flexibility index (Phi) is 11.0. The molecule has 0 aromatic heterocycles. The van der Waals surface area contributed by atoms with Crippen LogP contribution in [0.15, 0.2) is 83.8 Å². The molecule has 10 heteroatoms. The first kappa shape index (κ1) is 31.0. The van der Waals surface area contributed by atoms with Crippen molar-refractivity contribution in [3.63, 3.8) is 0 Å². The Bertz CT molecular complexity index is 1370. The van der Waals surface area contributed by atoms with Crippen molar-refractivity contribution in [2.24, 2.45) is 0 Å². The van der Waals surface area contributed by atoms with E-state index in [0.29, 0.717) is 22.9 Å². The van der Waals surface area contributed by atoms with Gasteiger partial charge < -0.3 is 15.0 Å². The maximum absolute atomic E-state index is 14.0. The summed E-state index contributed by atoms with van der Waals surface area (Å²) in [6, 6.07) is 20.5. The molecular weight excluding hydrogens is 550 g/mol. The number of nitrogens with zero attached hydrogens (tertiary/aromatic N) is 2. The zero-order valence-electron chi connectivity index (χ0n) is 23.2. The number of ether oxygens (including phenoxy) is 1. The van der Waals surface area contributed by atoms with Crippen molar-refractivity contribution >= 4 is 39.1 Å². The van der Waals surface area contributed by atoms with E-state index in [4.69, 9.17) is 16.3 Å². The molecule has 1 N–H and O–H groups in total. The van der Waals surface area contributed by atoms with Crippen LogP contribution in [-0.4, -0.2) is 50.9 Å². The first-order chi connectivity index (χ1) is 19.1. The van der Waals surface area contributed by atoms with Gasteiger partial charge in [-0.3, -0.25) is 13.9 Å². The van der Waals surface area contributed by atoms with E-state index in [9.17, 15) is 18.0 Å². The minimum absolute atomic E-state index is 0.0458. The molecule has 0 aliphatic carbocycles. The van der Waals surface area contributed by atoms with Crippen molar-refractivity contribution in [3.05, 3.63) is 89.4 Å². The number of halogens is 1. The van der Waals surface area contributed by atoms with Crippen molar-refractivity contribution in [1.29, 1.82) is 0 Å². The van der Waals surface area contributed by atoms with E-state index in [2.05, 4.69) is 5.32 Å². The van der Waals surface area contributed by atoms with Gasteiger partial charge in [-0.2, -0.15) is 0 Å². The molecule has 2 atom stereocenters. The third-order valence-corrected chi connectivity index (χ3v) is 8.66. The summed E-state index contributed by atoms with van der Waals surface area (Å²) < 4.78 is 34.0. The highest BCUT2D eigenvalue weighted by atomic mass is 35.5. The van der Waals surface area contributed by atoms with Crippen molar-refractivity contribution in [1.82, 2.24) is 10.2 Å². The molecule has 0 bridgehead atoms. The molecule has 3 aromatic carbocycles. The standard InChI is InChI=1S/C30H36ClN3O5S/c1-5-22(3)32-30(36)28(6-2)33(20-23-12-14-24(31)15-13-23)29(35)21-34(25-16-18-26(39-4)19-17-25)40(37,38)27-10-8-7-9-11-27/h7-19,22,28H,5-6,20-21H2,1-4H3,(H,32,36)/t22-,28+/m1/s1. The van der Waals surface area contributed by atoms with Gasteiger partial charge in [0.2, 0.25) is 11.8 Å². The second kappa shape index (κ2) is 14.2. The molecule has 0 fully saturated rings. The molecule has 0 saturated heterocycles. The molecule has 0 radical (unpaired) electrons. The van der Waals surface area contributed by atoms with Crippen molar-refractivity contribution < 1.29 is 22.7 Å². The second-order valence-corrected chi connectivity index (χ2v) is 11.7. The maximum atomic E-state index is 14.0. The number of amides is 2. The summed E-state index contributed by atoms with van der Waals surface area (Å²) in [5.41, 5.74) is 1.05. The van der Waals surface area contributed by atoms with Crippen molar-refractivity contribution in [2.45, 2.75) is 57.1 Å². The Morgan fingerprint density at radius 2 is 1.55 bits per heavy atom. The SMILES string of the molecule is CC[C@@H](C)NC(=O)[C@H](CC)N(Cc1ccc(Cl)cc1)C(=O)CN(c1ccc(OC)cc1)S(=O)(=O)c1ccccc1. The monoisotopic (exact) mass is 585 g/mol. The van der Waals surface area contributed by atoms with E-state index in [1.165, 1.54) is 24.1 Å². The number of rotatable bonds is 13. The largest absolute Gasteiger partial charge is 0.497 e. The van der Waals surface area contributed by atoms with Crippen molar-refractivity contribution in [3.8, 4) is 5.75 Å². The average Bonchev–Trinajstić information content (AvgIpc) is 2.97. The fourth-order valence-electron chi connectivity index (χ4n) is 4.14. The summed E-state index contributed by atoms with van der Waals surface area (Å²) in [7, 11) is -2.61. The number of hydrogen-bond acceptors (Lipinski definition) is 5. The van der Waals surface area contributed by atoms with Crippen LogP contribution in [0.1, 0.15) is 39.2 Å². The summed E-state index contributed by atoms with van der Waals surface area (Å²) >= 11 is 6.06. The van der Waals surface area contributed by atoms with Crippen molar-refractivity contribution in [2.75, 3.05) is 18.0 Å². The molecule has 3 rings (SSSR count). The van der Waals surface area contributed by atoms with Gasteiger partial charge in [0.25, 0.3) is 10.0 Å². The van der Waals surface area contributed by atoms with Gasteiger partial charge >= 0.3 is 0 Å². The Labute approximate surface area is 241 Å². The van der Waals surface area contributed by atoms with Gasteiger partial charge in [-0.15, -0.1) is 0 Å². The molecular formula is C30H36ClN3O5S. The fourth-order valence-corrected chi connectivity index (χ4v) is 5.71. The Balaban J connectivity index is 2.04. The fraction of sp³-hybridized carbons (Fsp3) is 0.333. The van der Waals surface area contributed by atoms with Gasteiger partial charge in [0, 0.05) is 17.6 Å². The third kappa shape index (κ3) is 7.76. The van der Waals surface area contributed by atoms with Crippen LogP contribution in [0.25, 0.3) is 0 Å². The molecule has 2 amide bonds. The number of anilines is 1. The highest BCUT2D eigenvalue weighted by Crippen LogP contribution is 2.27. The lowest BCUT2D eigenvalue weighted by molar-refractivity contribution is -0.140. The lowest BCUT2D eigenvalue weighted by Crippen LogP contribution is -2.53. The summed E-state index contributed by atoms with van der Waals surface area (Å²) in [5.74, 6) is -0.262. The van der Waals surface area contributed by atoms with Crippen LogP contribution < -0.4 is 14.4 Å². The Hall–Kier alpha value is -3.56. The van der Waals surface area contributed by atoms with Gasteiger partial charge in [0.15, 0.2) is 0 Å². The Morgan fingerprint density at radius 1 is 0.925 bits per heavy atom. The highest BCUT2D eigenvalue weighted by molar-refractivity contribution is 7.92. The lowest BCUT2D eigenvalue weighted by Gasteiger charge is -2.33. The van der Waals surface area contributed by atoms with Gasteiger partial charge in [0.1, 0.15) is 18.3 Å². The molecule has 0 aliphatic heterocycles. The number of benzene rings is 3. The third-order valence-electron chi connectivity index (χ3n) is 6.62. The highest BCUT2D eigenvalue weighted by Gasteiger charge is 2.34. The molecule has 0 heterocycles. The first-order valence-electron chi connectivity index (χ1n) is 13.2. The van der Waals surface area contributed by atoms with Gasteiger partial charge in [-0.1, -0.05) is 55.8 Å².